The summed E-state index contributed by atoms with van der Waals surface area (Å²) in [6.07, 6.45) is 1.80. The van der Waals surface area contributed by atoms with Gasteiger partial charge in [0, 0.05) is 18.1 Å². The van der Waals surface area contributed by atoms with E-state index in [9.17, 15) is 9.59 Å². The van der Waals surface area contributed by atoms with E-state index in [1.54, 1.807) is 17.0 Å². The lowest BCUT2D eigenvalue weighted by atomic mass is 10.2. The van der Waals surface area contributed by atoms with Crippen LogP contribution in [0.1, 0.15) is 6.42 Å². The summed E-state index contributed by atoms with van der Waals surface area (Å²) >= 11 is 12.0. The molecule has 0 unspecified atom stereocenters. The third-order valence-electron chi connectivity index (χ3n) is 3.52. The van der Waals surface area contributed by atoms with E-state index in [1.807, 2.05) is 0 Å². The second kappa shape index (κ2) is 6.14. The first kappa shape index (κ1) is 15.1. The van der Waals surface area contributed by atoms with Crippen LogP contribution in [-0.4, -0.2) is 40.2 Å². The highest BCUT2D eigenvalue weighted by Gasteiger charge is 2.21. The Hall–Kier alpha value is -1.79. The minimum atomic E-state index is -0.303. The van der Waals surface area contributed by atoms with Gasteiger partial charge in [-0.25, -0.2) is 9.78 Å². The van der Waals surface area contributed by atoms with Crippen molar-refractivity contribution in [3.8, 4) is 0 Å². The highest BCUT2D eigenvalue weighted by Crippen LogP contribution is 2.23. The Kier molecular flexibility index (Phi) is 4.22. The molecular weight excluding hydrogens is 329 g/mol. The molecule has 1 aromatic heterocycles. The minimum absolute atomic E-state index is 0.196. The first-order valence-electron chi connectivity index (χ1n) is 6.82. The topological polar surface area (TPSA) is 64.4 Å². The molecule has 2 aromatic rings. The van der Waals surface area contributed by atoms with Crippen molar-refractivity contribution in [3.63, 3.8) is 0 Å². The maximum Gasteiger partial charge on any atom is 0.409 e. The van der Waals surface area contributed by atoms with Gasteiger partial charge < -0.3 is 9.64 Å². The fraction of sp³-hybridized carbons (Fsp3) is 0.357. The molecule has 0 bridgehead atoms. The molecule has 0 saturated carbocycles. The number of hydrogen-bond donors (Lipinski definition) is 0. The molecule has 0 spiro atoms. The lowest BCUT2D eigenvalue weighted by Gasteiger charge is -2.13. The summed E-state index contributed by atoms with van der Waals surface area (Å²) in [5.41, 5.74) is 0.244. The quantitative estimate of drug-likeness (QED) is 0.857. The maximum atomic E-state index is 12.4. The molecule has 1 aromatic carbocycles. The lowest BCUT2D eigenvalue weighted by molar-refractivity contribution is 0.158. The molecule has 0 atom stereocenters. The van der Waals surface area contributed by atoms with Crippen molar-refractivity contribution in [2.75, 3.05) is 19.7 Å². The predicted octanol–water partition coefficient (Wildman–Crippen LogP) is 2.55. The number of ether oxygens (including phenoxy) is 1. The molecular formula is C14H13Cl2N3O3. The summed E-state index contributed by atoms with van der Waals surface area (Å²) in [5, 5.41) is 1.14. The standard InChI is InChI=1S/C14H13Cl2N3O3/c15-9-6-10-12(11(16)7-9)17-8-19(13(10)20)3-1-2-18-4-5-22-14(18)21/h6-8H,1-5H2. The molecule has 1 fully saturated rings. The highest BCUT2D eigenvalue weighted by molar-refractivity contribution is 6.38. The summed E-state index contributed by atoms with van der Waals surface area (Å²) < 4.78 is 6.35. The molecule has 3 rings (SSSR count). The van der Waals surface area contributed by atoms with Crippen molar-refractivity contribution in [2.24, 2.45) is 0 Å². The van der Waals surface area contributed by atoms with Crippen LogP contribution in [0.3, 0.4) is 0 Å². The van der Waals surface area contributed by atoms with Crippen LogP contribution in [0.4, 0.5) is 4.79 Å². The van der Waals surface area contributed by atoms with Crippen molar-refractivity contribution in [1.82, 2.24) is 14.5 Å². The molecule has 8 heteroatoms. The normalized spacial score (nSPS) is 14.6. The van der Waals surface area contributed by atoms with Gasteiger partial charge in [-0.2, -0.15) is 0 Å². The maximum absolute atomic E-state index is 12.4. The zero-order valence-electron chi connectivity index (χ0n) is 11.6. The monoisotopic (exact) mass is 341 g/mol. The number of rotatable bonds is 4. The number of fused-ring (bicyclic) bond motifs is 1. The van der Waals surface area contributed by atoms with Crippen molar-refractivity contribution in [3.05, 3.63) is 38.9 Å². The van der Waals surface area contributed by atoms with Gasteiger partial charge in [0.1, 0.15) is 6.61 Å². The van der Waals surface area contributed by atoms with E-state index < -0.39 is 0 Å². The Morgan fingerprint density at radius 2 is 2.05 bits per heavy atom. The van der Waals surface area contributed by atoms with Crippen LogP contribution in [0.15, 0.2) is 23.3 Å². The largest absolute Gasteiger partial charge is 0.448 e. The van der Waals surface area contributed by atoms with Gasteiger partial charge in [-0.15, -0.1) is 0 Å². The van der Waals surface area contributed by atoms with E-state index in [2.05, 4.69) is 4.98 Å². The molecule has 1 aliphatic heterocycles. The Morgan fingerprint density at radius 1 is 1.23 bits per heavy atom. The van der Waals surface area contributed by atoms with E-state index in [0.717, 1.165) is 0 Å². The third kappa shape index (κ3) is 2.89. The third-order valence-corrected chi connectivity index (χ3v) is 4.02. The molecule has 1 aliphatic rings. The second-order valence-corrected chi connectivity index (χ2v) is 5.83. The molecule has 22 heavy (non-hydrogen) atoms. The Morgan fingerprint density at radius 3 is 2.77 bits per heavy atom. The van der Waals surface area contributed by atoms with E-state index in [0.29, 0.717) is 53.6 Å². The number of hydrogen-bond acceptors (Lipinski definition) is 4. The summed E-state index contributed by atoms with van der Waals surface area (Å²) in [4.78, 5) is 29.6. The number of cyclic esters (lactones) is 1. The van der Waals surface area contributed by atoms with Gasteiger partial charge in [-0.05, 0) is 18.6 Å². The lowest BCUT2D eigenvalue weighted by Crippen LogP contribution is -2.28. The van der Waals surface area contributed by atoms with Gasteiger partial charge in [-0.3, -0.25) is 9.36 Å². The van der Waals surface area contributed by atoms with E-state index >= 15 is 0 Å². The van der Waals surface area contributed by atoms with Crippen molar-refractivity contribution >= 4 is 40.2 Å². The molecule has 6 nitrogen and oxygen atoms in total. The van der Waals surface area contributed by atoms with Crippen molar-refractivity contribution < 1.29 is 9.53 Å². The van der Waals surface area contributed by atoms with Crippen molar-refractivity contribution in [2.45, 2.75) is 13.0 Å². The van der Waals surface area contributed by atoms with Crippen LogP contribution >= 0.6 is 23.2 Å². The number of aryl methyl sites for hydroxylation is 1. The van der Waals surface area contributed by atoms with Crippen LogP contribution < -0.4 is 5.56 Å². The van der Waals surface area contributed by atoms with Crippen LogP contribution in [0.5, 0.6) is 0 Å². The van der Waals surface area contributed by atoms with Crippen LogP contribution in [0.2, 0.25) is 10.0 Å². The number of halogens is 2. The summed E-state index contributed by atoms with van der Waals surface area (Å²) in [5.74, 6) is 0. The molecule has 116 valence electrons. The number of carbonyl (C=O) groups excluding carboxylic acids is 1. The van der Waals surface area contributed by atoms with E-state index in [4.69, 9.17) is 27.9 Å². The van der Waals surface area contributed by atoms with Crippen molar-refractivity contribution in [1.29, 1.82) is 0 Å². The van der Waals surface area contributed by atoms with Gasteiger partial charge in [0.25, 0.3) is 5.56 Å². The smallest absolute Gasteiger partial charge is 0.409 e. The number of carbonyl (C=O) groups is 1. The number of benzene rings is 1. The average Bonchev–Trinajstić information content (AvgIpc) is 2.87. The molecule has 2 heterocycles. The van der Waals surface area contributed by atoms with Crippen LogP contribution in [-0.2, 0) is 11.3 Å². The fourth-order valence-electron chi connectivity index (χ4n) is 2.41. The number of nitrogens with zero attached hydrogens (tertiary/aromatic N) is 3. The molecule has 0 radical (unpaired) electrons. The Labute approximate surface area is 136 Å². The Balaban J connectivity index is 1.78. The van der Waals surface area contributed by atoms with Crippen LogP contribution in [0.25, 0.3) is 10.9 Å². The molecule has 0 N–H and O–H groups in total. The van der Waals surface area contributed by atoms with Gasteiger partial charge in [-0.1, -0.05) is 23.2 Å². The second-order valence-electron chi connectivity index (χ2n) is 4.98. The first-order chi connectivity index (χ1) is 10.6. The number of aromatic nitrogens is 2. The summed E-state index contributed by atoms with van der Waals surface area (Å²) in [6.45, 7) is 2.01. The van der Waals surface area contributed by atoms with E-state index in [-0.39, 0.29) is 11.7 Å². The molecule has 1 saturated heterocycles. The van der Waals surface area contributed by atoms with E-state index in [1.165, 1.54) is 10.9 Å². The van der Waals surface area contributed by atoms with Gasteiger partial charge in [0.05, 0.1) is 28.8 Å². The average molecular weight is 342 g/mol. The fourth-order valence-corrected chi connectivity index (χ4v) is 2.96. The zero-order chi connectivity index (χ0) is 15.7. The zero-order valence-corrected chi connectivity index (χ0v) is 13.1. The van der Waals surface area contributed by atoms with Gasteiger partial charge in [0.15, 0.2) is 0 Å². The first-order valence-corrected chi connectivity index (χ1v) is 7.58. The van der Waals surface area contributed by atoms with Gasteiger partial charge >= 0.3 is 6.09 Å². The predicted molar refractivity (Wildman–Crippen MR) is 83.6 cm³/mol. The SMILES string of the molecule is O=C1OCCN1CCCn1cnc2c(Cl)cc(Cl)cc2c1=O. The van der Waals surface area contributed by atoms with Gasteiger partial charge in [0.2, 0.25) is 0 Å². The highest BCUT2D eigenvalue weighted by atomic mass is 35.5. The molecule has 0 aliphatic carbocycles. The van der Waals surface area contributed by atoms with Crippen LogP contribution in [0, 0.1) is 0 Å². The number of amides is 1. The minimum Gasteiger partial charge on any atom is -0.448 e. The molecule has 1 amide bonds. The Bertz CT molecular complexity index is 791. The summed E-state index contributed by atoms with van der Waals surface area (Å²) in [7, 11) is 0. The summed E-state index contributed by atoms with van der Waals surface area (Å²) in [6, 6.07) is 3.12.